The predicted molar refractivity (Wildman–Crippen MR) is 230 cm³/mol. The molecule has 0 aliphatic heterocycles. The molecule has 262 valence electrons. The normalized spacial score (nSPS) is 11.6. The van der Waals surface area contributed by atoms with Gasteiger partial charge in [0.05, 0.1) is 26.9 Å². The Hall–Kier alpha value is -7.35. The monoisotopic (exact) mass is 734 g/mol. The largest absolute Gasteiger partial charge is 0.309 e. The molecule has 4 heterocycles. The zero-order chi connectivity index (χ0) is 37.0. The van der Waals surface area contributed by atoms with Gasteiger partial charge < -0.3 is 4.57 Å². The highest BCUT2D eigenvalue weighted by atomic mass is 32.1. The van der Waals surface area contributed by atoms with Gasteiger partial charge >= 0.3 is 0 Å². The van der Waals surface area contributed by atoms with Crippen LogP contribution < -0.4 is 0 Å². The molecule has 0 spiro atoms. The van der Waals surface area contributed by atoms with Crippen molar-refractivity contribution in [2.24, 2.45) is 0 Å². The van der Waals surface area contributed by atoms with E-state index in [2.05, 4.69) is 154 Å². The zero-order valence-electron chi connectivity index (χ0n) is 29.9. The van der Waals surface area contributed by atoms with Crippen molar-refractivity contribution in [2.75, 3.05) is 0 Å². The number of hydrogen-bond donors (Lipinski definition) is 0. The molecule has 0 aliphatic rings. The van der Waals surface area contributed by atoms with Crippen LogP contribution in [-0.4, -0.2) is 29.5 Å². The van der Waals surface area contributed by atoms with E-state index in [0.717, 1.165) is 71.3 Å². The lowest BCUT2D eigenvalue weighted by atomic mass is 10.00. The molecule has 0 N–H and O–H groups in total. The second kappa shape index (κ2) is 13.2. The van der Waals surface area contributed by atoms with Gasteiger partial charge in [0, 0.05) is 49.3 Å². The van der Waals surface area contributed by atoms with Gasteiger partial charge in [-0.3, -0.25) is 0 Å². The summed E-state index contributed by atoms with van der Waals surface area (Å²) in [4.78, 5) is 24.4. The Morgan fingerprint density at radius 1 is 0.429 bits per heavy atom. The van der Waals surface area contributed by atoms with Gasteiger partial charge in [0.15, 0.2) is 17.5 Å². The minimum absolute atomic E-state index is 0.603. The Morgan fingerprint density at radius 3 is 1.73 bits per heavy atom. The predicted octanol–water partition coefficient (Wildman–Crippen LogP) is 12.5. The highest BCUT2D eigenvalue weighted by Crippen LogP contribution is 2.41. The van der Waals surface area contributed by atoms with Crippen molar-refractivity contribution in [1.82, 2.24) is 29.5 Å². The summed E-state index contributed by atoms with van der Waals surface area (Å²) < 4.78 is 4.62. The van der Waals surface area contributed by atoms with Gasteiger partial charge in [-0.25, -0.2) is 24.9 Å². The standard InChI is InChI=1S/C49H30N6S/c1-3-13-31(14-4-1)36-26-25-35(28-43(36)55-41-23-9-7-19-38(41)39-20-8-10-24-42(39)55)49-53-47(32-15-5-2-6-16-32)52-48(54-49)34-18-11-17-33(27-34)37-21-12-22-40-45-44(56-46(37)40)29-50-30-51-45/h1-30H. The summed E-state index contributed by atoms with van der Waals surface area (Å²) in [7, 11) is 0. The Morgan fingerprint density at radius 2 is 1.00 bits per heavy atom. The van der Waals surface area contributed by atoms with Crippen molar-refractivity contribution in [2.45, 2.75) is 0 Å². The van der Waals surface area contributed by atoms with E-state index < -0.39 is 0 Å². The number of hydrogen-bond acceptors (Lipinski definition) is 6. The van der Waals surface area contributed by atoms with Crippen LogP contribution >= 0.6 is 11.3 Å². The molecule has 0 aliphatic carbocycles. The van der Waals surface area contributed by atoms with Crippen LogP contribution in [0.4, 0.5) is 0 Å². The summed E-state index contributed by atoms with van der Waals surface area (Å²) >= 11 is 1.72. The molecule has 0 bridgehead atoms. The highest BCUT2D eigenvalue weighted by Gasteiger charge is 2.19. The number of fused-ring (bicyclic) bond motifs is 6. The first-order chi connectivity index (χ1) is 27.8. The van der Waals surface area contributed by atoms with Gasteiger partial charge in [-0.15, -0.1) is 11.3 Å². The van der Waals surface area contributed by atoms with Crippen LogP contribution in [0.1, 0.15) is 0 Å². The van der Waals surface area contributed by atoms with Crippen molar-refractivity contribution in [3.8, 4) is 62.1 Å². The minimum Gasteiger partial charge on any atom is -0.309 e. The third-order valence-electron chi connectivity index (χ3n) is 10.4. The summed E-state index contributed by atoms with van der Waals surface area (Å²) in [5, 5.41) is 3.54. The molecular formula is C49H30N6S. The van der Waals surface area contributed by atoms with Gasteiger partial charge in [-0.1, -0.05) is 146 Å². The van der Waals surface area contributed by atoms with Gasteiger partial charge in [-0.2, -0.15) is 0 Å². The number of nitrogens with zero attached hydrogens (tertiary/aromatic N) is 6. The number of thiophene rings is 1. The molecule has 0 fully saturated rings. The van der Waals surface area contributed by atoms with Crippen molar-refractivity contribution in [3.63, 3.8) is 0 Å². The van der Waals surface area contributed by atoms with Crippen LogP contribution in [0, 0.1) is 0 Å². The molecule has 7 heteroatoms. The van der Waals surface area contributed by atoms with E-state index >= 15 is 0 Å². The number of aromatic nitrogens is 6. The molecule has 56 heavy (non-hydrogen) atoms. The van der Waals surface area contributed by atoms with Crippen molar-refractivity contribution in [3.05, 3.63) is 182 Å². The molecule has 6 nitrogen and oxygen atoms in total. The van der Waals surface area contributed by atoms with Crippen molar-refractivity contribution < 1.29 is 0 Å². The molecule has 0 atom stereocenters. The quantitative estimate of drug-likeness (QED) is 0.170. The van der Waals surface area contributed by atoms with E-state index in [1.54, 1.807) is 17.7 Å². The molecule has 0 unspecified atom stereocenters. The fraction of sp³-hybridized carbons (Fsp3) is 0. The van der Waals surface area contributed by atoms with Crippen LogP contribution in [0.3, 0.4) is 0 Å². The average Bonchev–Trinajstić information content (AvgIpc) is 3.83. The Bertz CT molecular complexity index is 3210. The molecule has 4 aromatic heterocycles. The molecule has 11 rings (SSSR count). The van der Waals surface area contributed by atoms with Crippen LogP contribution in [0.2, 0.25) is 0 Å². The Balaban J connectivity index is 1.12. The van der Waals surface area contributed by atoms with Crippen LogP contribution in [0.5, 0.6) is 0 Å². The minimum atomic E-state index is 0.603. The second-order valence-electron chi connectivity index (χ2n) is 13.7. The third kappa shape index (κ3) is 5.36. The third-order valence-corrected chi connectivity index (χ3v) is 11.6. The Kier molecular flexibility index (Phi) is 7.57. The van der Waals surface area contributed by atoms with Crippen LogP contribution in [0.25, 0.3) is 104 Å². The highest BCUT2D eigenvalue weighted by molar-refractivity contribution is 7.26. The van der Waals surface area contributed by atoms with Gasteiger partial charge in [0.2, 0.25) is 0 Å². The smallest absolute Gasteiger partial charge is 0.164 e. The van der Waals surface area contributed by atoms with E-state index in [0.29, 0.717) is 17.5 Å². The van der Waals surface area contributed by atoms with Crippen LogP contribution in [-0.2, 0) is 0 Å². The van der Waals surface area contributed by atoms with E-state index in [4.69, 9.17) is 15.0 Å². The molecule has 11 aromatic rings. The SMILES string of the molecule is c1ccc(-c2nc(-c3cccc(-c4cccc5c4sc4cncnc45)c3)nc(-c3ccc(-c4ccccc4)c(-n4c5ccccc5c5ccccc54)c3)n2)cc1. The molecular weight excluding hydrogens is 705 g/mol. The lowest BCUT2D eigenvalue weighted by Gasteiger charge is -2.16. The summed E-state index contributed by atoms with van der Waals surface area (Å²) in [5.74, 6) is 1.83. The van der Waals surface area contributed by atoms with E-state index in [1.165, 1.54) is 15.5 Å². The lowest BCUT2D eigenvalue weighted by Crippen LogP contribution is -2.02. The number of benzene rings is 7. The topological polar surface area (TPSA) is 69.4 Å². The first-order valence-electron chi connectivity index (χ1n) is 18.5. The maximum atomic E-state index is 5.23. The number of rotatable bonds is 6. The van der Waals surface area contributed by atoms with Crippen LogP contribution in [0.15, 0.2) is 182 Å². The first-order valence-corrected chi connectivity index (χ1v) is 19.3. The zero-order valence-corrected chi connectivity index (χ0v) is 30.7. The Labute approximate surface area is 326 Å². The van der Waals surface area contributed by atoms with E-state index in [-0.39, 0.29) is 0 Å². The van der Waals surface area contributed by atoms with Crippen molar-refractivity contribution >= 4 is 53.4 Å². The number of para-hydroxylation sites is 2. The summed E-state index contributed by atoms with van der Waals surface area (Å²) in [5.41, 5.74) is 11.5. The van der Waals surface area contributed by atoms with Crippen molar-refractivity contribution in [1.29, 1.82) is 0 Å². The molecule has 0 saturated carbocycles. The maximum absolute atomic E-state index is 5.23. The lowest BCUT2D eigenvalue weighted by molar-refractivity contribution is 1.07. The fourth-order valence-electron chi connectivity index (χ4n) is 7.84. The molecule has 7 aromatic carbocycles. The van der Waals surface area contributed by atoms with Gasteiger partial charge in [0.25, 0.3) is 0 Å². The first kappa shape index (κ1) is 32.1. The maximum Gasteiger partial charge on any atom is 0.164 e. The van der Waals surface area contributed by atoms with E-state index in [1.807, 2.05) is 36.5 Å². The molecule has 0 saturated heterocycles. The van der Waals surface area contributed by atoms with Gasteiger partial charge in [-0.05, 0) is 41.0 Å². The summed E-state index contributed by atoms with van der Waals surface area (Å²) in [6, 6.07) is 59.4. The molecule has 0 amide bonds. The average molecular weight is 735 g/mol. The second-order valence-corrected chi connectivity index (χ2v) is 14.8. The van der Waals surface area contributed by atoms with E-state index in [9.17, 15) is 0 Å². The summed E-state index contributed by atoms with van der Waals surface area (Å²) in [6.45, 7) is 0. The fourth-order valence-corrected chi connectivity index (χ4v) is 9.00. The summed E-state index contributed by atoms with van der Waals surface area (Å²) in [6.07, 6.45) is 3.51. The van der Waals surface area contributed by atoms with Gasteiger partial charge in [0.1, 0.15) is 6.33 Å². The molecule has 0 radical (unpaired) electrons.